The van der Waals surface area contributed by atoms with E-state index in [0.29, 0.717) is 52.3 Å². The van der Waals surface area contributed by atoms with E-state index in [4.69, 9.17) is 49.8 Å². The van der Waals surface area contributed by atoms with Gasteiger partial charge in [-0.3, -0.25) is 0 Å². The summed E-state index contributed by atoms with van der Waals surface area (Å²) in [7, 11) is 0. The van der Waals surface area contributed by atoms with Gasteiger partial charge < -0.3 is 4.57 Å². The maximum absolute atomic E-state index is 5.53. The zero-order valence-electron chi connectivity index (χ0n) is 48.9. The van der Waals surface area contributed by atoms with Crippen molar-refractivity contribution in [2.45, 2.75) is 0 Å². The van der Waals surface area contributed by atoms with Crippen LogP contribution >= 0.6 is 0 Å². The summed E-state index contributed by atoms with van der Waals surface area (Å²) < 4.78 is 2.34. The summed E-state index contributed by atoms with van der Waals surface area (Å²) in [5.74, 6) is 4.56. The van der Waals surface area contributed by atoms with E-state index in [1.807, 2.05) is 194 Å². The third-order valence-electron chi connectivity index (χ3n) is 16.1. The summed E-state index contributed by atoms with van der Waals surface area (Å²) in [4.78, 5) is 52.3. The highest BCUT2D eigenvalue weighted by molar-refractivity contribution is 6.12. The molecule has 0 amide bonds. The van der Waals surface area contributed by atoms with Crippen LogP contribution in [-0.2, 0) is 0 Å². The fourth-order valence-electron chi connectivity index (χ4n) is 11.7. The number of aromatic nitrogens is 11. The molecular weight excluding hydrogens is 1110 g/mol. The lowest BCUT2D eigenvalue weighted by atomic mass is 9.99. The van der Waals surface area contributed by atoms with Crippen molar-refractivity contribution in [3.63, 3.8) is 0 Å². The molecule has 5 aromatic heterocycles. The minimum Gasteiger partial charge on any atom is -0.309 e. The first kappa shape index (κ1) is 53.8. The molecule has 11 aromatic carbocycles. The smallest absolute Gasteiger partial charge is 0.164 e. The van der Waals surface area contributed by atoms with E-state index >= 15 is 0 Å². The highest BCUT2D eigenvalue weighted by atomic mass is 15.1. The van der Waals surface area contributed by atoms with E-state index in [0.717, 1.165) is 111 Å². The number of nitrogens with zero attached hydrogens (tertiary/aromatic N) is 11. The molecule has 0 atom stereocenters. The second-order valence-electron chi connectivity index (χ2n) is 22.0. The molecule has 0 aliphatic carbocycles. The molecule has 0 N–H and O–H groups in total. The lowest BCUT2D eigenvalue weighted by molar-refractivity contribution is 1.07. The van der Waals surface area contributed by atoms with Gasteiger partial charge in [-0.1, -0.05) is 249 Å². The largest absolute Gasteiger partial charge is 0.309 e. The Bertz CT molecular complexity index is 4900. The van der Waals surface area contributed by atoms with Crippen LogP contribution in [-0.4, -0.2) is 54.4 Å². The van der Waals surface area contributed by atoms with Gasteiger partial charge in [0.15, 0.2) is 46.6 Å². The van der Waals surface area contributed by atoms with Crippen LogP contribution in [0.25, 0.3) is 164 Å². The van der Waals surface area contributed by atoms with Crippen LogP contribution in [0.5, 0.6) is 0 Å². The van der Waals surface area contributed by atoms with E-state index in [2.05, 4.69) is 120 Å². The van der Waals surface area contributed by atoms with Gasteiger partial charge in [-0.2, -0.15) is 0 Å². The van der Waals surface area contributed by atoms with Crippen molar-refractivity contribution in [1.82, 2.24) is 54.4 Å². The van der Waals surface area contributed by atoms with Gasteiger partial charge in [-0.15, -0.1) is 0 Å². The Morgan fingerprint density at radius 1 is 0.176 bits per heavy atom. The highest BCUT2D eigenvalue weighted by Crippen LogP contribution is 2.42. The summed E-state index contributed by atoms with van der Waals surface area (Å²) in [6.45, 7) is 0. The van der Waals surface area contributed by atoms with Crippen molar-refractivity contribution in [2.24, 2.45) is 0 Å². The monoisotopic (exact) mass is 1170 g/mol. The van der Waals surface area contributed by atoms with Crippen LogP contribution in [0.15, 0.2) is 309 Å². The standard InChI is InChI=1S/C80H51N11/c1-9-25-52(26-10-1)66-50-68(83-73(81-66)54-29-13-3-14-30-54)60-41-44-72(65(47-60)69-51-67(53-27-11-2-12-28-53)82-74(84-69)55-31-15-4-16-32-55)91-70-45-42-61(79-87-75(56-33-17-5-18-34-56)85-76(88-79)57-35-19-6-20-36-57)48-63(70)64-49-62(43-46-71(64)91)80-89-77(58-37-21-7-22-38-58)86-78(90-80)59-39-23-8-24-40-59/h1-51H. The van der Waals surface area contributed by atoms with Crippen molar-refractivity contribution in [1.29, 1.82) is 0 Å². The van der Waals surface area contributed by atoms with E-state index < -0.39 is 0 Å². The molecule has 0 saturated carbocycles. The quantitative estimate of drug-likeness (QED) is 0.110. The van der Waals surface area contributed by atoms with Crippen molar-refractivity contribution >= 4 is 21.8 Å². The molecule has 0 unspecified atom stereocenters. The molecule has 5 heterocycles. The first-order valence-electron chi connectivity index (χ1n) is 30.0. The van der Waals surface area contributed by atoms with Gasteiger partial charge in [0, 0.05) is 77.5 Å². The van der Waals surface area contributed by atoms with Gasteiger partial charge in [0.25, 0.3) is 0 Å². The minimum atomic E-state index is 0.534. The van der Waals surface area contributed by atoms with Gasteiger partial charge in [-0.25, -0.2) is 49.8 Å². The Labute approximate surface area is 524 Å². The Morgan fingerprint density at radius 3 is 0.758 bits per heavy atom. The Morgan fingerprint density at radius 2 is 0.429 bits per heavy atom. The molecular formula is C80H51N11. The molecule has 11 nitrogen and oxygen atoms in total. The van der Waals surface area contributed by atoms with Crippen LogP contribution in [0, 0.1) is 0 Å². The lowest BCUT2D eigenvalue weighted by Gasteiger charge is -2.17. The third kappa shape index (κ3) is 10.7. The average Bonchev–Trinajstić information content (AvgIpc) is 1.66. The Kier molecular flexibility index (Phi) is 14.0. The van der Waals surface area contributed by atoms with Crippen LogP contribution in [0.1, 0.15) is 0 Å². The number of hydrogen-bond donors (Lipinski definition) is 0. The summed E-state index contributed by atoms with van der Waals surface area (Å²) in [6, 6.07) is 105. The molecule has 0 fully saturated rings. The van der Waals surface area contributed by atoms with Crippen LogP contribution in [0.3, 0.4) is 0 Å². The Hall–Kier alpha value is -12.6. The van der Waals surface area contributed by atoms with Crippen LogP contribution in [0.4, 0.5) is 0 Å². The molecule has 11 heteroatoms. The van der Waals surface area contributed by atoms with E-state index in [-0.39, 0.29) is 0 Å². The normalized spacial score (nSPS) is 11.3. The SMILES string of the molecule is c1ccc(-c2cc(-c3ccc(-n4c5ccc(-c6nc(-c7ccccc7)nc(-c7ccccc7)n6)cc5c5cc(-c6nc(-c7ccccc7)nc(-c7ccccc7)n6)ccc54)c(-c4cc(-c5ccccc5)nc(-c5ccccc5)n4)c3)nc(-c3ccccc3)n2)cc1. The second kappa shape index (κ2) is 23.6. The fourth-order valence-corrected chi connectivity index (χ4v) is 11.7. The predicted octanol–water partition coefficient (Wildman–Crippen LogP) is 18.7. The summed E-state index contributed by atoms with van der Waals surface area (Å²) in [6.07, 6.45) is 0. The van der Waals surface area contributed by atoms with E-state index in [9.17, 15) is 0 Å². The molecule has 0 aliphatic rings. The summed E-state index contributed by atoms with van der Waals surface area (Å²) >= 11 is 0. The molecule has 0 aliphatic heterocycles. The second-order valence-corrected chi connectivity index (χ2v) is 22.0. The molecule has 0 spiro atoms. The van der Waals surface area contributed by atoms with Crippen molar-refractivity contribution < 1.29 is 0 Å². The maximum atomic E-state index is 5.53. The van der Waals surface area contributed by atoms with Gasteiger partial charge in [-0.05, 0) is 60.7 Å². The molecule has 0 radical (unpaired) electrons. The van der Waals surface area contributed by atoms with Gasteiger partial charge in [0.2, 0.25) is 0 Å². The lowest BCUT2D eigenvalue weighted by Crippen LogP contribution is -2.02. The number of fused-ring (bicyclic) bond motifs is 3. The van der Waals surface area contributed by atoms with E-state index in [1.54, 1.807) is 0 Å². The van der Waals surface area contributed by atoms with Gasteiger partial charge in [0.05, 0.1) is 39.5 Å². The molecule has 0 saturated heterocycles. The highest BCUT2D eigenvalue weighted by Gasteiger charge is 2.24. The molecule has 0 bridgehead atoms. The minimum absolute atomic E-state index is 0.534. The van der Waals surface area contributed by atoms with Crippen LogP contribution < -0.4 is 0 Å². The zero-order valence-corrected chi connectivity index (χ0v) is 48.9. The topological polar surface area (TPSA) is 134 Å². The average molecular weight is 1170 g/mol. The fraction of sp³-hybridized carbons (Fsp3) is 0. The van der Waals surface area contributed by atoms with Gasteiger partial charge >= 0.3 is 0 Å². The maximum Gasteiger partial charge on any atom is 0.164 e. The molecule has 426 valence electrons. The summed E-state index contributed by atoms with van der Waals surface area (Å²) in [5, 5.41) is 1.89. The predicted molar refractivity (Wildman–Crippen MR) is 364 cm³/mol. The van der Waals surface area contributed by atoms with Crippen LogP contribution in [0.2, 0.25) is 0 Å². The van der Waals surface area contributed by atoms with Crippen molar-refractivity contribution in [3.05, 3.63) is 309 Å². The summed E-state index contributed by atoms with van der Waals surface area (Å²) in [5.41, 5.74) is 16.4. The van der Waals surface area contributed by atoms with E-state index in [1.165, 1.54) is 0 Å². The molecule has 16 aromatic rings. The first-order chi connectivity index (χ1) is 45.1. The van der Waals surface area contributed by atoms with Gasteiger partial charge in [0.1, 0.15) is 0 Å². The number of rotatable bonds is 13. The molecule has 91 heavy (non-hydrogen) atoms. The number of hydrogen-bond acceptors (Lipinski definition) is 10. The first-order valence-corrected chi connectivity index (χ1v) is 30.0. The number of benzene rings is 11. The van der Waals surface area contributed by atoms with Crippen molar-refractivity contribution in [2.75, 3.05) is 0 Å². The molecule has 16 rings (SSSR count). The Balaban J connectivity index is 0.971. The van der Waals surface area contributed by atoms with Crippen molar-refractivity contribution in [3.8, 4) is 142 Å². The third-order valence-corrected chi connectivity index (χ3v) is 16.1. The zero-order chi connectivity index (χ0) is 60.5.